The van der Waals surface area contributed by atoms with Crippen LogP contribution in [-0.2, 0) is 0 Å². The number of hydrogen-bond donors (Lipinski definition) is 1. The molecule has 0 saturated heterocycles. The van der Waals surface area contributed by atoms with Crippen molar-refractivity contribution in [2.24, 2.45) is 0 Å². The molecule has 5 heteroatoms. The number of aromatic nitrogens is 1. The normalized spacial score (nSPS) is 22.4. The van der Waals surface area contributed by atoms with Gasteiger partial charge in [0.1, 0.15) is 0 Å². The van der Waals surface area contributed by atoms with Crippen LogP contribution in [0.2, 0.25) is 0 Å². The van der Waals surface area contributed by atoms with E-state index >= 15 is 0 Å². The van der Waals surface area contributed by atoms with E-state index in [1.54, 1.807) is 6.07 Å². The molecule has 1 heterocycles. The van der Waals surface area contributed by atoms with Gasteiger partial charge in [0.25, 0.3) is 5.91 Å². The summed E-state index contributed by atoms with van der Waals surface area (Å²) in [5.74, 6) is 1.12. The lowest BCUT2D eigenvalue weighted by Crippen LogP contribution is -2.35. The molecule has 1 N–H and O–H groups in total. The SMILES string of the molecule is CCS[C@H]1CC[C@@H](N(C)C(=O)c2ccc(=O)[nH]c2)C1. The van der Waals surface area contributed by atoms with Crippen LogP contribution >= 0.6 is 11.8 Å². The summed E-state index contributed by atoms with van der Waals surface area (Å²) in [6.45, 7) is 2.17. The summed E-state index contributed by atoms with van der Waals surface area (Å²) in [6.07, 6.45) is 4.83. The van der Waals surface area contributed by atoms with E-state index in [-0.39, 0.29) is 11.5 Å². The third-order valence-corrected chi connectivity index (χ3v) is 4.89. The third-order valence-electron chi connectivity index (χ3n) is 3.66. The lowest BCUT2D eigenvalue weighted by atomic mass is 10.2. The molecule has 1 amide bonds. The molecule has 2 atom stereocenters. The minimum Gasteiger partial charge on any atom is -0.339 e. The third kappa shape index (κ3) is 3.41. The first-order chi connectivity index (χ1) is 9.11. The highest BCUT2D eigenvalue weighted by Crippen LogP contribution is 2.32. The Morgan fingerprint density at radius 3 is 2.89 bits per heavy atom. The molecule has 19 heavy (non-hydrogen) atoms. The van der Waals surface area contributed by atoms with Gasteiger partial charge < -0.3 is 9.88 Å². The highest BCUT2D eigenvalue weighted by molar-refractivity contribution is 7.99. The molecule has 0 spiro atoms. The molecule has 4 nitrogen and oxygen atoms in total. The Morgan fingerprint density at radius 1 is 1.47 bits per heavy atom. The number of carbonyl (C=O) groups is 1. The number of aromatic amines is 1. The van der Waals surface area contributed by atoms with Crippen molar-refractivity contribution in [3.63, 3.8) is 0 Å². The molecule has 1 aliphatic rings. The summed E-state index contributed by atoms with van der Waals surface area (Å²) in [7, 11) is 1.86. The van der Waals surface area contributed by atoms with Gasteiger partial charge in [0, 0.05) is 30.6 Å². The lowest BCUT2D eigenvalue weighted by Gasteiger charge is -2.24. The average molecular weight is 280 g/mol. The zero-order valence-electron chi connectivity index (χ0n) is 11.4. The maximum atomic E-state index is 12.3. The van der Waals surface area contributed by atoms with Gasteiger partial charge in [-0.15, -0.1) is 0 Å². The molecular weight excluding hydrogens is 260 g/mol. The summed E-state index contributed by atoms with van der Waals surface area (Å²) < 4.78 is 0. The highest BCUT2D eigenvalue weighted by Gasteiger charge is 2.30. The lowest BCUT2D eigenvalue weighted by molar-refractivity contribution is 0.0735. The molecule has 0 aromatic carbocycles. The molecule has 0 bridgehead atoms. The Kier molecular flexibility index (Phi) is 4.69. The molecule has 0 radical (unpaired) electrons. The second-order valence-corrected chi connectivity index (χ2v) is 6.48. The number of pyridine rings is 1. The van der Waals surface area contributed by atoms with Crippen molar-refractivity contribution >= 4 is 17.7 Å². The molecule has 0 unspecified atom stereocenters. The minimum atomic E-state index is -0.181. The van der Waals surface area contributed by atoms with Crippen molar-refractivity contribution in [3.8, 4) is 0 Å². The maximum absolute atomic E-state index is 12.3. The van der Waals surface area contributed by atoms with Crippen LogP contribution in [0.5, 0.6) is 0 Å². The zero-order valence-corrected chi connectivity index (χ0v) is 12.2. The van der Waals surface area contributed by atoms with Crippen LogP contribution in [0.4, 0.5) is 0 Å². The molecule has 1 fully saturated rings. The van der Waals surface area contributed by atoms with Crippen molar-refractivity contribution < 1.29 is 4.79 Å². The van der Waals surface area contributed by atoms with Crippen molar-refractivity contribution in [1.29, 1.82) is 0 Å². The zero-order chi connectivity index (χ0) is 13.8. The number of rotatable bonds is 4. The Labute approximate surface area is 117 Å². The van der Waals surface area contributed by atoms with Crippen LogP contribution in [0.1, 0.15) is 36.5 Å². The summed E-state index contributed by atoms with van der Waals surface area (Å²) in [5, 5.41) is 0.681. The minimum absolute atomic E-state index is 0.0107. The summed E-state index contributed by atoms with van der Waals surface area (Å²) >= 11 is 1.98. The molecule has 0 aliphatic heterocycles. The summed E-state index contributed by atoms with van der Waals surface area (Å²) in [6, 6.07) is 3.31. The van der Waals surface area contributed by atoms with Gasteiger partial charge in [-0.3, -0.25) is 9.59 Å². The molecule has 1 aromatic rings. The quantitative estimate of drug-likeness (QED) is 0.919. The van der Waals surface area contributed by atoms with Gasteiger partial charge in [0.15, 0.2) is 0 Å². The van der Waals surface area contributed by atoms with Crippen LogP contribution in [-0.4, -0.2) is 39.9 Å². The van der Waals surface area contributed by atoms with Crippen LogP contribution < -0.4 is 5.56 Å². The number of H-pyrrole nitrogens is 1. The van der Waals surface area contributed by atoms with E-state index in [2.05, 4.69) is 11.9 Å². The van der Waals surface area contributed by atoms with Gasteiger partial charge in [-0.05, 0) is 31.1 Å². The van der Waals surface area contributed by atoms with Gasteiger partial charge >= 0.3 is 0 Å². The fraction of sp³-hybridized carbons (Fsp3) is 0.571. The Balaban J connectivity index is 2.00. The van der Waals surface area contributed by atoms with Crippen LogP contribution in [0.15, 0.2) is 23.1 Å². The fourth-order valence-corrected chi connectivity index (χ4v) is 3.70. The molecule has 1 aliphatic carbocycles. The number of amides is 1. The van der Waals surface area contributed by atoms with E-state index in [9.17, 15) is 9.59 Å². The second-order valence-electron chi connectivity index (χ2n) is 4.90. The Morgan fingerprint density at radius 2 is 2.26 bits per heavy atom. The van der Waals surface area contributed by atoms with E-state index in [1.807, 2.05) is 23.7 Å². The number of nitrogens with one attached hydrogen (secondary N) is 1. The fourth-order valence-electron chi connectivity index (χ4n) is 2.57. The van der Waals surface area contributed by atoms with Crippen LogP contribution in [0.3, 0.4) is 0 Å². The van der Waals surface area contributed by atoms with Crippen molar-refractivity contribution in [3.05, 3.63) is 34.2 Å². The number of hydrogen-bond acceptors (Lipinski definition) is 3. The second kappa shape index (κ2) is 6.28. The first-order valence-electron chi connectivity index (χ1n) is 6.69. The maximum Gasteiger partial charge on any atom is 0.255 e. The van der Waals surface area contributed by atoms with Crippen LogP contribution in [0.25, 0.3) is 0 Å². The van der Waals surface area contributed by atoms with Gasteiger partial charge in [0.2, 0.25) is 5.56 Å². The Bertz CT molecular complexity index is 480. The first-order valence-corrected chi connectivity index (χ1v) is 7.74. The largest absolute Gasteiger partial charge is 0.339 e. The average Bonchev–Trinajstić information content (AvgIpc) is 2.87. The van der Waals surface area contributed by atoms with Gasteiger partial charge in [-0.25, -0.2) is 0 Å². The summed E-state index contributed by atoms with van der Waals surface area (Å²) in [4.78, 5) is 27.7. The topological polar surface area (TPSA) is 53.2 Å². The summed E-state index contributed by atoms with van der Waals surface area (Å²) in [5.41, 5.74) is 0.369. The molecule has 1 aromatic heterocycles. The molecule has 2 rings (SSSR count). The molecule has 104 valence electrons. The predicted octanol–water partition coefficient (Wildman–Crippen LogP) is 2.12. The molecular formula is C14H20N2O2S. The van der Waals surface area contributed by atoms with Crippen molar-refractivity contribution in [2.75, 3.05) is 12.8 Å². The highest BCUT2D eigenvalue weighted by atomic mass is 32.2. The molecule has 1 saturated carbocycles. The number of nitrogens with zero attached hydrogens (tertiary/aromatic N) is 1. The number of carbonyl (C=O) groups excluding carboxylic acids is 1. The van der Waals surface area contributed by atoms with Crippen LogP contribution in [0, 0.1) is 0 Å². The van der Waals surface area contributed by atoms with Gasteiger partial charge in [-0.1, -0.05) is 6.92 Å². The van der Waals surface area contributed by atoms with E-state index < -0.39 is 0 Å². The number of thioether (sulfide) groups is 1. The van der Waals surface area contributed by atoms with E-state index in [1.165, 1.54) is 18.7 Å². The van der Waals surface area contributed by atoms with E-state index in [4.69, 9.17) is 0 Å². The van der Waals surface area contributed by atoms with E-state index in [0.717, 1.165) is 18.6 Å². The predicted molar refractivity (Wildman–Crippen MR) is 78.7 cm³/mol. The van der Waals surface area contributed by atoms with Gasteiger partial charge in [-0.2, -0.15) is 11.8 Å². The van der Waals surface area contributed by atoms with Crippen molar-refractivity contribution in [1.82, 2.24) is 9.88 Å². The first kappa shape index (κ1) is 14.2. The monoisotopic (exact) mass is 280 g/mol. The standard InChI is InChI=1S/C14H20N2O2S/c1-3-19-12-6-5-11(8-12)16(2)14(18)10-4-7-13(17)15-9-10/h4,7,9,11-12H,3,5-6,8H2,1-2H3,(H,15,17)/t11-,12+/m1/s1. The Hall–Kier alpha value is -1.23. The van der Waals surface area contributed by atoms with Gasteiger partial charge in [0.05, 0.1) is 5.56 Å². The van der Waals surface area contributed by atoms with Crippen molar-refractivity contribution in [2.45, 2.75) is 37.5 Å². The smallest absolute Gasteiger partial charge is 0.255 e. The van der Waals surface area contributed by atoms with E-state index in [0.29, 0.717) is 16.9 Å².